The fraction of sp³-hybridized carbons (Fsp3) is 0.333. The van der Waals surface area contributed by atoms with Crippen LogP contribution in [0.1, 0.15) is 49.0 Å². The van der Waals surface area contributed by atoms with Gasteiger partial charge < -0.3 is 9.47 Å². The number of amides is 2. The van der Waals surface area contributed by atoms with Gasteiger partial charge in [-0.15, -0.1) is 0 Å². The molecule has 2 aromatic carbocycles. The Hall–Kier alpha value is -2.54. The number of ether oxygens (including phenoxy) is 2. The molecule has 2 rings (SSSR count). The molecule has 0 radical (unpaired) electrons. The molecule has 0 aliphatic rings. The van der Waals surface area contributed by atoms with Gasteiger partial charge >= 0.3 is 0 Å². The third-order valence-electron chi connectivity index (χ3n) is 4.22. The lowest BCUT2D eigenvalue weighted by molar-refractivity contribution is -0.123. The van der Waals surface area contributed by atoms with Crippen LogP contribution in [0.3, 0.4) is 0 Å². The number of para-hydroxylation sites is 1. The average Bonchev–Trinajstić information content (AvgIpc) is 2.71. The summed E-state index contributed by atoms with van der Waals surface area (Å²) in [6.07, 6.45) is 0.970. The van der Waals surface area contributed by atoms with E-state index in [0.29, 0.717) is 29.6 Å². The molecule has 0 aromatic heterocycles. The molecule has 0 bridgehead atoms. The minimum absolute atomic E-state index is 0.204. The molecule has 1 atom stereocenters. The van der Waals surface area contributed by atoms with Crippen molar-refractivity contribution in [2.45, 2.75) is 33.1 Å². The van der Waals surface area contributed by atoms with E-state index in [9.17, 15) is 9.59 Å². The van der Waals surface area contributed by atoms with Gasteiger partial charge in [-0.25, -0.2) is 0 Å². The Morgan fingerprint density at radius 2 is 1.79 bits per heavy atom. The summed E-state index contributed by atoms with van der Waals surface area (Å²) in [4.78, 5) is 24.5. The van der Waals surface area contributed by atoms with E-state index in [2.05, 4.69) is 40.6 Å². The Morgan fingerprint density at radius 1 is 1.04 bits per heavy atom. The maximum absolute atomic E-state index is 12.4. The summed E-state index contributed by atoms with van der Waals surface area (Å²) in [5, 5.41) is 0. The van der Waals surface area contributed by atoms with Gasteiger partial charge in [-0.1, -0.05) is 48.0 Å². The van der Waals surface area contributed by atoms with E-state index in [1.54, 1.807) is 18.2 Å². The highest BCUT2D eigenvalue weighted by Crippen LogP contribution is 2.28. The number of rotatable bonds is 8. The number of hydrogen-bond acceptors (Lipinski definition) is 4. The molecular weight excluding hydrogens is 424 g/mol. The van der Waals surface area contributed by atoms with Crippen LogP contribution in [0, 0.1) is 0 Å². The van der Waals surface area contributed by atoms with Gasteiger partial charge in [-0.3, -0.25) is 20.4 Å². The Kier molecular flexibility index (Phi) is 8.32. The zero-order valence-electron chi connectivity index (χ0n) is 16.3. The van der Waals surface area contributed by atoms with Gasteiger partial charge in [-0.2, -0.15) is 0 Å². The summed E-state index contributed by atoms with van der Waals surface area (Å²) in [6, 6.07) is 12.7. The Bertz CT molecular complexity index is 826. The molecule has 0 saturated heterocycles. The largest absolute Gasteiger partial charge is 0.493 e. The van der Waals surface area contributed by atoms with Crippen LogP contribution >= 0.6 is 15.9 Å². The predicted molar refractivity (Wildman–Crippen MR) is 112 cm³/mol. The molecule has 0 spiro atoms. The highest BCUT2D eigenvalue weighted by atomic mass is 79.9. The molecule has 6 nitrogen and oxygen atoms in total. The van der Waals surface area contributed by atoms with Crippen molar-refractivity contribution in [1.82, 2.24) is 10.9 Å². The number of nitrogens with one attached hydrogen (secondary N) is 2. The quantitative estimate of drug-likeness (QED) is 0.593. The van der Waals surface area contributed by atoms with Crippen molar-refractivity contribution >= 4 is 27.7 Å². The van der Waals surface area contributed by atoms with Gasteiger partial charge in [0, 0.05) is 4.47 Å². The maximum atomic E-state index is 12.4. The van der Waals surface area contributed by atoms with Crippen molar-refractivity contribution in [3.63, 3.8) is 0 Å². The molecule has 0 heterocycles. The smallest absolute Gasteiger partial charge is 0.276 e. The first-order chi connectivity index (χ1) is 13.5. The SMILES string of the molecule is CCOc1ccc(Br)cc1C(=O)NNC(=O)COc1ccccc1C(C)CC. The highest BCUT2D eigenvalue weighted by molar-refractivity contribution is 9.10. The van der Waals surface area contributed by atoms with Crippen LogP contribution in [0.4, 0.5) is 0 Å². The normalized spacial score (nSPS) is 11.4. The zero-order valence-corrected chi connectivity index (χ0v) is 17.8. The zero-order chi connectivity index (χ0) is 20.5. The van der Waals surface area contributed by atoms with Crippen molar-refractivity contribution in [3.8, 4) is 11.5 Å². The average molecular weight is 449 g/mol. The van der Waals surface area contributed by atoms with Gasteiger partial charge in [0.25, 0.3) is 11.8 Å². The lowest BCUT2D eigenvalue weighted by Crippen LogP contribution is -2.44. The monoisotopic (exact) mass is 448 g/mol. The summed E-state index contributed by atoms with van der Waals surface area (Å²) < 4.78 is 11.8. The Morgan fingerprint density at radius 3 is 2.50 bits per heavy atom. The topological polar surface area (TPSA) is 76.7 Å². The van der Waals surface area contributed by atoms with E-state index in [-0.39, 0.29) is 6.61 Å². The lowest BCUT2D eigenvalue weighted by Gasteiger charge is -2.16. The second-order valence-electron chi connectivity index (χ2n) is 6.21. The predicted octanol–water partition coefficient (Wildman–Crippen LogP) is 4.20. The standard InChI is InChI=1S/C21H25BrN2O4/c1-4-14(3)16-8-6-7-9-18(16)28-13-20(25)23-24-21(26)17-12-15(22)10-11-19(17)27-5-2/h6-12,14H,4-5,13H2,1-3H3,(H,23,25)(H,24,26). The number of hydrogen-bond donors (Lipinski definition) is 2. The molecule has 1 unspecified atom stereocenters. The second-order valence-corrected chi connectivity index (χ2v) is 7.13. The second kappa shape index (κ2) is 10.7. The molecule has 2 N–H and O–H groups in total. The molecule has 2 aromatic rings. The molecule has 0 saturated carbocycles. The fourth-order valence-corrected chi connectivity index (χ4v) is 2.93. The summed E-state index contributed by atoms with van der Waals surface area (Å²) >= 11 is 3.33. The molecule has 0 aliphatic carbocycles. The van der Waals surface area contributed by atoms with E-state index in [1.165, 1.54) is 0 Å². The molecule has 150 valence electrons. The Balaban J connectivity index is 1.93. The lowest BCUT2D eigenvalue weighted by atomic mass is 9.98. The van der Waals surface area contributed by atoms with E-state index < -0.39 is 11.8 Å². The molecule has 28 heavy (non-hydrogen) atoms. The van der Waals surface area contributed by atoms with Crippen LogP contribution in [0.15, 0.2) is 46.9 Å². The molecule has 0 aliphatic heterocycles. The first kappa shape index (κ1) is 21.8. The highest BCUT2D eigenvalue weighted by Gasteiger charge is 2.15. The number of halogens is 1. The van der Waals surface area contributed by atoms with E-state index in [1.807, 2.05) is 31.2 Å². The number of carbonyl (C=O) groups excluding carboxylic acids is 2. The summed E-state index contributed by atoms with van der Waals surface area (Å²) in [5.41, 5.74) is 6.13. The van der Waals surface area contributed by atoms with Crippen molar-refractivity contribution in [2.24, 2.45) is 0 Å². The van der Waals surface area contributed by atoms with Gasteiger partial charge in [0.05, 0.1) is 12.2 Å². The van der Waals surface area contributed by atoms with Crippen molar-refractivity contribution in [3.05, 3.63) is 58.1 Å². The van der Waals surface area contributed by atoms with Crippen LogP contribution in [0.2, 0.25) is 0 Å². The molecule has 7 heteroatoms. The van der Waals surface area contributed by atoms with E-state index >= 15 is 0 Å². The molecule has 2 amide bonds. The summed E-state index contributed by atoms with van der Waals surface area (Å²) in [7, 11) is 0. The minimum Gasteiger partial charge on any atom is -0.493 e. The van der Waals surface area contributed by atoms with Crippen LogP contribution in [0.25, 0.3) is 0 Å². The van der Waals surface area contributed by atoms with Gasteiger partial charge in [0.15, 0.2) is 6.61 Å². The van der Waals surface area contributed by atoms with Gasteiger partial charge in [0.2, 0.25) is 0 Å². The first-order valence-electron chi connectivity index (χ1n) is 9.19. The first-order valence-corrected chi connectivity index (χ1v) is 9.98. The maximum Gasteiger partial charge on any atom is 0.276 e. The van der Waals surface area contributed by atoms with Crippen LogP contribution < -0.4 is 20.3 Å². The van der Waals surface area contributed by atoms with Gasteiger partial charge in [-0.05, 0) is 49.1 Å². The van der Waals surface area contributed by atoms with Crippen LogP contribution in [-0.2, 0) is 4.79 Å². The number of benzene rings is 2. The fourth-order valence-electron chi connectivity index (χ4n) is 2.57. The van der Waals surface area contributed by atoms with Crippen molar-refractivity contribution in [1.29, 1.82) is 0 Å². The van der Waals surface area contributed by atoms with Crippen molar-refractivity contribution < 1.29 is 19.1 Å². The summed E-state index contributed by atoms with van der Waals surface area (Å²) in [6.45, 7) is 6.26. The van der Waals surface area contributed by atoms with Crippen LogP contribution in [0.5, 0.6) is 11.5 Å². The number of carbonyl (C=O) groups is 2. The van der Waals surface area contributed by atoms with E-state index in [0.717, 1.165) is 16.5 Å². The third kappa shape index (κ3) is 5.99. The minimum atomic E-state index is -0.474. The number of hydrazine groups is 1. The van der Waals surface area contributed by atoms with E-state index in [4.69, 9.17) is 9.47 Å². The molecule has 0 fully saturated rings. The molecular formula is C21H25BrN2O4. The van der Waals surface area contributed by atoms with Gasteiger partial charge in [0.1, 0.15) is 11.5 Å². The summed E-state index contributed by atoms with van der Waals surface area (Å²) in [5.74, 6) is 0.506. The van der Waals surface area contributed by atoms with Crippen LogP contribution in [-0.4, -0.2) is 25.0 Å². The van der Waals surface area contributed by atoms with Crippen molar-refractivity contribution in [2.75, 3.05) is 13.2 Å². The Labute approximate surface area is 173 Å². The third-order valence-corrected chi connectivity index (χ3v) is 4.72.